The fourth-order valence-electron chi connectivity index (χ4n) is 6.44. The Bertz CT molecular complexity index is 658. The lowest BCUT2D eigenvalue weighted by atomic mass is 9.52. The van der Waals surface area contributed by atoms with E-state index >= 15 is 0 Å². The van der Waals surface area contributed by atoms with Crippen LogP contribution in [0.25, 0.3) is 0 Å². The molecule has 1 aromatic carbocycles. The summed E-state index contributed by atoms with van der Waals surface area (Å²) in [6, 6.07) is 6.90. The first-order valence-corrected chi connectivity index (χ1v) is 10.6. The average molecular weight is 357 g/mol. The van der Waals surface area contributed by atoms with Gasteiger partial charge in [0.25, 0.3) is 0 Å². The summed E-state index contributed by atoms with van der Waals surface area (Å²) < 4.78 is 5.50. The summed E-state index contributed by atoms with van der Waals surface area (Å²) in [5.74, 6) is 1.24. The Morgan fingerprint density at radius 1 is 1.08 bits per heavy atom. The maximum absolute atomic E-state index is 10.1. The van der Waals surface area contributed by atoms with Crippen molar-refractivity contribution in [3.63, 3.8) is 0 Å². The normalized spacial score (nSPS) is 34.9. The molecule has 4 heteroatoms. The molecule has 0 unspecified atom stereocenters. The molecule has 0 radical (unpaired) electrons. The van der Waals surface area contributed by atoms with Crippen LogP contribution in [-0.2, 0) is 16.6 Å². The zero-order valence-electron chi connectivity index (χ0n) is 15.8. The molecular weight excluding hydrogens is 324 g/mol. The van der Waals surface area contributed by atoms with Crippen LogP contribution < -0.4 is 0 Å². The van der Waals surface area contributed by atoms with Gasteiger partial charge in [0.05, 0.1) is 13.2 Å². The van der Waals surface area contributed by atoms with Crippen LogP contribution in [0.3, 0.4) is 0 Å². The van der Waals surface area contributed by atoms with Crippen LogP contribution in [0, 0.1) is 5.92 Å². The number of nitrogens with zero attached hydrogens (tertiary/aromatic N) is 2. The van der Waals surface area contributed by atoms with E-state index < -0.39 is 0 Å². The highest BCUT2D eigenvalue weighted by atomic mass is 16.5. The molecule has 26 heavy (non-hydrogen) atoms. The number of likely N-dealkylation sites (tertiary alicyclic amines) is 1. The van der Waals surface area contributed by atoms with Crippen molar-refractivity contribution in [1.29, 1.82) is 0 Å². The van der Waals surface area contributed by atoms with E-state index in [1.807, 2.05) is 6.07 Å². The number of hydrogen-bond acceptors (Lipinski definition) is 4. The van der Waals surface area contributed by atoms with E-state index in [1.165, 1.54) is 69.3 Å². The molecule has 0 aromatic heterocycles. The van der Waals surface area contributed by atoms with Gasteiger partial charge in [-0.2, -0.15) is 0 Å². The molecule has 2 heterocycles. The van der Waals surface area contributed by atoms with Crippen molar-refractivity contribution in [3.05, 3.63) is 29.3 Å². The number of benzene rings is 1. The third-order valence-corrected chi connectivity index (χ3v) is 7.74. The molecule has 1 N–H and O–H groups in total. The molecule has 0 amide bonds. The zero-order valence-corrected chi connectivity index (χ0v) is 15.8. The summed E-state index contributed by atoms with van der Waals surface area (Å²) in [5.41, 5.74) is 3.33. The fraction of sp³-hybridized carbons (Fsp3) is 0.727. The van der Waals surface area contributed by atoms with Gasteiger partial charge in [0, 0.05) is 37.6 Å². The van der Waals surface area contributed by atoms with Gasteiger partial charge >= 0.3 is 0 Å². The molecule has 1 saturated carbocycles. The number of aromatic hydroxyl groups is 1. The summed E-state index contributed by atoms with van der Waals surface area (Å²) in [6.45, 7) is 7.58. The van der Waals surface area contributed by atoms with Gasteiger partial charge in [0.2, 0.25) is 0 Å². The Labute approximate surface area is 157 Å². The van der Waals surface area contributed by atoms with Crippen molar-refractivity contribution in [2.75, 3.05) is 45.9 Å². The molecule has 5 rings (SSSR count). The number of ether oxygens (including phenoxy) is 1. The van der Waals surface area contributed by atoms with Crippen LogP contribution in [0.1, 0.15) is 43.2 Å². The second-order valence-electron chi connectivity index (χ2n) is 8.86. The van der Waals surface area contributed by atoms with Crippen LogP contribution >= 0.6 is 0 Å². The van der Waals surface area contributed by atoms with Gasteiger partial charge in [-0.05, 0) is 61.4 Å². The molecule has 3 atom stereocenters. The van der Waals surface area contributed by atoms with E-state index in [2.05, 4.69) is 21.9 Å². The van der Waals surface area contributed by atoms with Crippen LogP contribution in [0.5, 0.6) is 5.75 Å². The Morgan fingerprint density at radius 3 is 2.85 bits per heavy atom. The van der Waals surface area contributed by atoms with E-state index in [0.29, 0.717) is 17.2 Å². The molecule has 2 saturated heterocycles. The monoisotopic (exact) mass is 356 g/mol. The van der Waals surface area contributed by atoms with Gasteiger partial charge in [-0.25, -0.2) is 0 Å². The van der Waals surface area contributed by atoms with Gasteiger partial charge in [-0.3, -0.25) is 9.80 Å². The summed E-state index contributed by atoms with van der Waals surface area (Å²) in [5, 5.41) is 10.1. The third kappa shape index (κ3) is 2.78. The highest BCUT2D eigenvalue weighted by molar-refractivity contribution is 5.45. The number of hydrogen-bond donors (Lipinski definition) is 1. The van der Waals surface area contributed by atoms with Gasteiger partial charge in [0.15, 0.2) is 0 Å². The molecule has 2 bridgehead atoms. The highest BCUT2D eigenvalue weighted by Crippen LogP contribution is 2.56. The van der Waals surface area contributed by atoms with Crippen molar-refractivity contribution < 1.29 is 9.84 Å². The smallest absolute Gasteiger partial charge is 0.115 e. The Hall–Kier alpha value is -1.10. The molecule has 4 nitrogen and oxygen atoms in total. The molecule has 3 fully saturated rings. The van der Waals surface area contributed by atoms with Crippen LogP contribution in [0.2, 0.25) is 0 Å². The topological polar surface area (TPSA) is 35.9 Å². The predicted molar refractivity (Wildman–Crippen MR) is 103 cm³/mol. The standard InChI is InChI=1S/C22H32N2O2/c25-18-5-4-17-15-21-19-3-1-2-6-22(19,20(17)16-18)7-8-24(21)10-9-23-11-13-26-14-12-23/h4-5,16,19,21,25H,1-3,6-15H2/t19-,21+,22+/m0/s1. The lowest BCUT2D eigenvalue weighted by Gasteiger charge is -2.59. The van der Waals surface area contributed by atoms with Crippen LogP contribution in [0.4, 0.5) is 0 Å². The SMILES string of the molecule is Oc1ccc2c(c1)[C@@]13CCCC[C@H]1[C@@H](C2)N(CCN1CCOCC1)CC3. The fourth-order valence-corrected chi connectivity index (χ4v) is 6.44. The van der Waals surface area contributed by atoms with Crippen LogP contribution in [-0.4, -0.2) is 66.9 Å². The average Bonchev–Trinajstić information content (AvgIpc) is 2.69. The molecule has 2 aliphatic heterocycles. The predicted octanol–water partition coefficient (Wildman–Crippen LogP) is 2.78. The van der Waals surface area contributed by atoms with Crippen molar-refractivity contribution in [3.8, 4) is 5.75 Å². The number of phenolic OH excluding ortho intramolecular Hbond substituents is 1. The highest BCUT2D eigenvalue weighted by Gasteiger charge is 2.53. The summed E-state index contributed by atoms with van der Waals surface area (Å²) in [7, 11) is 0. The zero-order chi connectivity index (χ0) is 17.6. The Morgan fingerprint density at radius 2 is 1.96 bits per heavy atom. The maximum atomic E-state index is 10.1. The van der Waals surface area contributed by atoms with Crippen molar-refractivity contribution in [2.45, 2.75) is 50.0 Å². The Kier molecular flexibility index (Phi) is 4.46. The van der Waals surface area contributed by atoms with Gasteiger partial charge in [0.1, 0.15) is 5.75 Å². The number of rotatable bonds is 3. The molecule has 2 aliphatic carbocycles. The molecule has 0 spiro atoms. The first kappa shape index (κ1) is 17.0. The number of morpholine rings is 1. The Balaban J connectivity index is 1.39. The number of fused-ring (bicyclic) bond motifs is 1. The molecule has 142 valence electrons. The van der Waals surface area contributed by atoms with E-state index in [-0.39, 0.29) is 0 Å². The molecule has 1 aromatic rings. The minimum Gasteiger partial charge on any atom is -0.508 e. The maximum Gasteiger partial charge on any atom is 0.115 e. The van der Waals surface area contributed by atoms with Gasteiger partial charge in [-0.1, -0.05) is 18.9 Å². The van der Waals surface area contributed by atoms with Crippen LogP contribution in [0.15, 0.2) is 18.2 Å². The van der Waals surface area contributed by atoms with Gasteiger partial charge in [-0.15, -0.1) is 0 Å². The van der Waals surface area contributed by atoms with Crippen molar-refractivity contribution in [1.82, 2.24) is 9.80 Å². The van der Waals surface area contributed by atoms with E-state index in [1.54, 1.807) is 0 Å². The van der Waals surface area contributed by atoms with Crippen molar-refractivity contribution >= 4 is 0 Å². The minimum absolute atomic E-state index is 0.338. The first-order chi connectivity index (χ1) is 12.8. The van der Waals surface area contributed by atoms with E-state index in [4.69, 9.17) is 4.74 Å². The second kappa shape index (κ2) is 6.81. The lowest BCUT2D eigenvalue weighted by Crippen LogP contribution is -2.61. The minimum atomic E-state index is 0.338. The van der Waals surface area contributed by atoms with Gasteiger partial charge < -0.3 is 9.84 Å². The lowest BCUT2D eigenvalue weighted by molar-refractivity contribution is -0.0219. The first-order valence-electron chi connectivity index (χ1n) is 10.6. The molecular formula is C22H32N2O2. The summed E-state index contributed by atoms with van der Waals surface area (Å²) in [6.07, 6.45) is 7.87. The van der Waals surface area contributed by atoms with E-state index in [0.717, 1.165) is 32.2 Å². The van der Waals surface area contributed by atoms with Crippen molar-refractivity contribution in [2.24, 2.45) is 5.92 Å². The largest absolute Gasteiger partial charge is 0.508 e. The number of piperidine rings is 1. The van der Waals surface area contributed by atoms with E-state index in [9.17, 15) is 5.11 Å². The third-order valence-electron chi connectivity index (χ3n) is 7.74. The summed E-state index contributed by atoms with van der Waals surface area (Å²) >= 11 is 0. The second-order valence-corrected chi connectivity index (χ2v) is 8.86. The molecule has 4 aliphatic rings. The quantitative estimate of drug-likeness (QED) is 0.903. The summed E-state index contributed by atoms with van der Waals surface area (Å²) in [4.78, 5) is 5.38. The number of phenols is 1.